The van der Waals surface area contributed by atoms with Gasteiger partial charge in [0.05, 0.1) is 4.92 Å². The number of benzene rings is 1. The molecule has 0 radical (unpaired) electrons. The minimum Gasteiger partial charge on any atom is -0.479 e. The van der Waals surface area contributed by atoms with E-state index in [9.17, 15) is 33.2 Å². The molecule has 10 heteroatoms. The van der Waals surface area contributed by atoms with E-state index < -0.39 is 28.4 Å². The third-order valence-electron chi connectivity index (χ3n) is 2.30. The summed E-state index contributed by atoms with van der Waals surface area (Å²) in [4.78, 5) is 20.4. The SMILES string of the molecule is O=C(O)C(O)(CSc1cccc([N+](=O)[O-])c1)C(F)(F)F. The van der Waals surface area contributed by atoms with Crippen LogP contribution in [0.15, 0.2) is 29.2 Å². The summed E-state index contributed by atoms with van der Waals surface area (Å²) in [6, 6.07) is 4.64. The molecule has 0 saturated carbocycles. The van der Waals surface area contributed by atoms with Crippen molar-refractivity contribution in [3.63, 3.8) is 0 Å². The Morgan fingerprint density at radius 1 is 1.40 bits per heavy atom. The van der Waals surface area contributed by atoms with Crippen molar-refractivity contribution in [2.75, 3.05) is 5.75 Å². The van der Waals surface area contributed by atoms with Crippen molar-refractivity contribution < 1.29 is 33.1 Å². The molecule has 0 heterocycles. The van der Waals surface area contributed by atoms with E-state index in [0.29, 0.717) is 11.8 Å². The second-order valence-electron chi connectivity index (χ2n) is 3.71. The molecule has 1 rings (SSSR count). The summed E-state index contributed by atoms with van der Waals surface area (Å²) in [7, 11) is 0. The van der Waals surface area contributed by atoms with Crippen molar-refractivity contribution in [2.24, 2.45) is 0 Å². The van der Waals surface area contributed by atoms with Gasteiger partial charge in [-0.15, -0.1) is 11.8 Å². The summed E-state index contributed by atoms with van der Waals surface area (Å²) < 4.78 is 37.5. The number of thioether (sulfide) groups is 1. The Kier molecular flexibility index (Phi) is 4.61. The number of carboxylic acid groups (broad SMARTS) is 1. The number of rotatable bonds is 5. The maximum Gasteiger partial charge on any atom is 0.429 e. The zero-order valence-electron chi connectivity index (χ0n) is 9.63. The molecule has 0 aliphatic carbocycles. The Labute approximate surface area is 114 Å². The highest BCUT2D eigenvalue weighted by molar-refractivity contribution is 7.99. The predicted molar refractivity (Wildman–Crippen MR) is 62.5 cm³/mol. The second kappa shape index (κ2) is 5.67. The molecule has 0 aliphatic heterocycles. The lowest BCUT2D eigenvalue weighted by molar-refractivity contribution is -0.385. The smallest absolute Gasteiger partial charge is 0.429 e. The summed E-state index contributed by atoms with van der Waals surface area (Å²) in [5.41, 5.74) is -4.26. The topological polar surface area (TPSA) is 101 Å². The van der Waals surface area contributed by atoms with Crippen molar-refractivity contribution in [3.8, 4) is 0 Å². The molecule has 0 aromatic heterocycles. The Bertz CT molecular complexity index is 536. The van der Waals surface area contributed by atoms with Gasteiger partial charge in [-0.25, -0.2) is 4.79 Å². The largest absolute Gasteiger partial charge is 0.479 e. The standard InChI is InChI=1S/C10H8F3NO5S/c11-10(12,13)9(17,8(15)16)5-20-7-3-1-2-6(4-7)14(18)19/h1-4,17H,5H2,(H,15,16). The number of halogens is 3. The molecule has 2 N–H and O–H groups in total. The predicted octanol–water partition coefficient (Wildman–Crippen LogP) is 2.06. The fraction of sp³-hybridized carbons (Fsp3) is 0.300. The number of nitro groups is 1. The van der Waals surface area contributed by atoms with Crippen molar-refractivity contribution in [3.05, 3.63) is 34.4 Å². The second-order valence-corrected chi connectivity index (χ2v) is 4.76. The van der Waals surface area contributed by atoms with E-state index in [-0.39, 0.29) is 10.6 Å². The lowest BCUT2D eigenvalue weighted by Crippen LogP contribution is -2.54. The van der Waals surface area contributed by atoms with E-state index in [4.69, 9.17) is 5.11 Å². The van der Waals surface area contributed by atoms with Crippen LogP contribution in [-0.2, 0) is 4.79 Å². The molecular formula is C10H8F3NO5S. The Morgan fingerprint density at radius 2 is 2.00 bits per heavy atom. The number of nitrogens with zero attached hydrogens (tertiary/aromatic N) is 1. The molecule has 20 heavy (non-hydrogen) atoms. The average Bonchev–Trinajstić information content (AvgIpc) is 2.34. The minimum atomic E-state index is -5.35. The molecule has 6 nitrogen and oxygen atoms in total. The number of non-ortho nitro benzene ring substituents is 1. The Morgan fingerprint density at radius 3 is 2.45 bits per heavy atom. The number of hydrogen-bond acceptors (Lipinski definition) is 5. The van der Waals surface area contributed by atoms with Crippen LogP contribution in [0.3, 0.4) is 0 Å². The molecule has 0 aliphatic rings. The molecule has 0 amide bonds. The number of carbonyl (C=O) groups is 1. The van der Waals surface area contributed by atoms with Crippen molar-refractivity contribution >= 4 is 23.4 Å². The van der Waals surface area contributed by atoms with Gasteiger partial charge < -0.3 is 10.2 Å². The molecule has 0 saturated heterocycles. The molecule has 1 atom stereocenters. The van der Waals surface area contributed by atoms with Crippen molar-refractivity contribution in [2.45, 2.75) is 16.7 Å². The van der Waals surface area contributed by atoms with Gasteiger partial charge in [0, 0.05) is 22.8 Å². The third-order valence-corrected chi connectivity index (χ3v) is 3.45. The molecule has 110 valence electrons. The van der Waals surface area contributed by atoms with Crippen LogP contribution in [0.25, 0.3) is 0 Å². The van der Waals surface area contributed by atoms with Gasteiger partial charge >= 0.3 is 12.1 Å². The summed E-state index contributed by atoms with van der Waals surface area (Å²) in [6.07, 6.45) is -5.35. The van der Waals surface area contributed by atoms with E-state index in [1.807, 2.05) is 0 Å². The fourth-order valence-corrected chi connectivity index (χ4v) is 2.18. The fourth-order valence-electron chi connectivity index (χ4n) is 1.14. The number of aliphatic hydroxyl groups is 1. The first-order chi connectivity index (χ1) is 9.08. The highest BCUT2D eigenvalue weighted by atomic mass is 32.2. The van der Waals surface area contributed by atoms with Crippen LogP contribution >= 0.6 is 11.8 Å². The monoisotopic (exact) mass is 311 g/mol. The normalized spacial score (nSPS) is 14.6. The summed E-state index contributed by atoms with van der Waals surface area (Å²) >= 11 is 0.359. The van der Waals surface area contributed by atoms with Crippen LogP contribution in [0, 0.1) is 10.1 Å². The molecular weight excluding hydrogens is 303 g/mol. The maximum atomic E-state index is 12.5. The molecule has 0 bridgehead atoms. The molecule has 1 aromatic rings. The van der Waals surface area contributed by atoms with E-state index in [2.05, 4.69) is 0 Å². The Hall–Kier alpha value is -1.81. The lowest BCUT2D eigenvalue weighted by Gasteiger charge is -2.25. The van der Waals surface area contributed by atoms with Crippen LogP contribution in [0.2, 0.25) is 0 Å². The van der Waals surface area contributed by atoms with Gasteiger partial charge in [-0.1, -0.05) is 6.07 Å². The quantitative estimate of drug-likeness (QED) is 0.490. The number of carboxylic acids is 1. The van der Waals surface area contributed by atoms with Gasteiger partial charge in [0.2, 0.25) is 0 Å². The van der Waals surface area contributed by atoms with Crippen LogP contribution in [-0.4, -0.2) is 38.6 Å². The zero-order chi connectivity index (χ0) is 15.6. The van der Waals surface area contributed by atoms with Gasteiger partial charge in [0.25, 0.3) is 11.3 Å². The number of alkyl halides is 3. The summed E-state index contributed by atoms with van der Waals surface area (Å²) in [5, 5.41) is 28.2. The van der Waals surface area contributed by atoms with Gasteiger partial charge in [-0.3, -0.25) is 10.1 Å². The van der Waals surface area contributed by atoms with Crippen LogP contribution < -0.4 is 0 Å². The van der Waals surface area contributed by atoms with E-state index in [0.717, 1.165) is 12.1 Å². The molecule has 0 spiro atoms. The van der Waals surface area contributed by atoms with Crippen LogP contribution in [0.4, 0.5) is 18.9 Å². The highest BCUT2D eigenvalue weighted by Crippen LogP contribution is 2.36. The van der Waals surface area contributed by atoms with Crippen molar-refractivity contribution in [1.29, 1.82) is 0 Å². The van der Waals surface area contributed by atoms with Crippen LogP contribution in [0.5, 0.6) is 0 Å². The van der Waals surface area contributed by atoms with E-state index >= 15 is 0 Å². The number of nitro benzene ring substituents is 1. The minimum absolute atomic E-state index is 0.0446. The van der Waals surface area contributed by atoms with Gasteiger partial charge in [0.15, 0.2) is 0 Å². The number of hydrogen-bond donors (Lipinski definition) is 2. The molecule has 0 fully saturated rings. The maximum absolute atomic E-state index is 12.5. The van der Waals surface area contributed by atoms with E-state index in [1.54, 1.807) is 0 Å². The third kappa shape index (κ3) is 3.39. The summed E-state index contributed by atoms with van der Waals surface area (Å²) in [6.45, 7) is 0. The van der Waals surface area contributed by atoms with E-state index in [1.165, 1.54) is 12.1 Å². The lowest BCUT2D eigenvalue weighted by atomic mass is 10.1. The first-order valence-electron chi connectivity index (χ1n) is 4.97. The van der Waals surface area contributed by atoms with Gasteiger partial charge in [-0.2, -0.15) is 13.2 Å². The first kappa shape index (κ1) is 16.2. The van der Waals surface area contributed by atoms with Gasteiger partial charge in [-0.05, 0) is 6.07 Å². The average molecular weight is 311 g/mol. The first-order valence-corrected chi connectivity index (χ1v) is 5.96. The number of aliphatic carboxylic acids is 1. The molecule has 1 unspecified atom stereocenters. The van der Waals surface area contributed by atoms with Crippen LogP contribution in [0.1, 0.15) is 0 Å². The Balaban J connectivity index is 2.92. The highest BCUT2D eigenvalue weighted by Gasteiger charge is 2.60. The zero-order valence-corrected chi connectivity index (χ0v) is 10.4. The van der Waals surface area contributed by atoms with Gasteiger partial charge in [0.1, 0.15) is 0 Å². The summed E-state index contributed by atoms with van der Waals surface area (Å²) in [5.74, 6) is -3.64. The molecule has 1 aromatic carbocycles. The van der Waals surface area contributed by atoms with Crippen molar-refractivity contribution in [1.82, 2.24) is 0 Å².